The third-order valence-corrected chi connectivity index (χ3v) is 2.68. The van der Waals surface area contributed by atoms with Crippen molar-refractivity contribution >= 4 is 23.5 Å². The number of benzene rings is 1. The molecule has 0 aliphatic carbocycles. The topological polar surface area (TPSA) is 103 Å². The summed E-state index contributed by atoms with van der Waals surface area (Å²) in [6.45, 7) is 4.01. The van der Waals surface area contributed by atoms with Crippen molar-refractivity contribution in [3.05, 3.63) is 40.7 Å². The molecule has 0 aliphatic heterocycles. The monoisotopic (exact) mass is 296 g/mol. The van der Waals surface area contributed by atoms with Gasteiger partial charge in [-0.15, -0.1) is 0 Å². The van der Waals surface area contributed by atoms with Gasteiger partial charge in [-0.2, -0.15) is 0 Å². The maximum atomic E-state index is 9.10. The predicted molar refractivity (Wildman–Crippen MR) is 73.8 cm³/mol. The van der Waals surface area contributed by atoms with Crippen LogP contribution in [0.3, 0.4) is 0 Å². The molecular weight excluding hydrogens is 284 g/mol. The molecule has 0 amide bonds. The zero-order valence-corrected chi connectivity index (χ0v) is 11.6. The second kappa shape index (κ2) is 6.72. The van der Waals surface area contributed by atoms with Crippen molar-refractivity contribution in [3.8, 4) is 11.4 Å². The van der Waals surface area contributed by atoms with Crippen molar-refractivity contribution in [3.63, 3.8) is 0 Å². The number of carboxylic acids is 2. The highest BCUT2D eigenvalue weighted by Gasteiger charge is 2.04. The largest absolute Gasteiger partial charge is 0.473 e. The summed E-state index contributed by atoms with van der Waals surface area (Å²) >= 11 is 5.80. The normalized spacial score (nSPS) is 9.55. The SMILES string of the molecule is Cc1nc(-c2ccc(Cl)cc2)[nH]c1C.O=C(O)C(=O)O. The first-order valence-corrected chi connectivity index (χ1v) is 5.94. The van der Waals surface area contributed by atoms with E-state index in [1.54, 1.807) is 0 Å². The quantitative estimate of drug-likeness (QED) is 0.702. The van der Waals surface area contributed by atoms with Gasteiger partial charge in [0.15, 0.2) is 0 Å². The van der Waals surface area contributed by atoms with E-state index in [4.69, 9.17) is 31.4 Å². The lowest BCUT2D eigenvalue weighted by Crippen LogP contribution is -2.09. The van der Waals surface area contributed by atoms with Gasteiger partial charge in [0, 0.05) is 16.3 Å². The Hall–Kier alpha value is -2.34. The van der Waals surface area contributed by atoms with E-state index in [-0.39, 0.29) is 0 Å². The first-order valence-electron chi connectivity index (χ1n) is 5.56. The van der Waals surface area contributed by atoms with E-state index in [2.05, 4.69) is 9.97 Å². The number of carboxylic acid groups (broad SMARTS) is 2. The molecule has 1 aromatic heterocycles. The Bertz CT molecular complexity index is 588. The van der Waals surface area contributed by atoms with Crippen LogP contribution >= 0.6 is 11.6 Å². The minimum absolute atomic E-state index is 0.744. The Morgan fingerprint density at radius 1 is 1.10 bits per heavy atom. The summed E-state index contributed by atoms with van der Waals surface area (Å²) in [6.07, 6.45) is 0. The molecule has 2 aromatic rings. The molecular formula is C13H13ClN2O4. The van der Waals surface area contributed by atoms with E-state index in [9.17, 15) is 0 Å². The fraction of sp³-hybridized carbons (Fsp3) is 0.154. The van der Waals surface area contributed by atoms with E-state index < -0.39 is 11.9 Å². The molecule has 0 saturated carbocycles. The number of halogens is 1. The Morgan fingerprint density at radius 3 is 1.95 bits per heavy atom. The second-order valence-corrected chi connectivity index (χ2v) is 4.35. The van der Waals surface area contributed by atoms with Crippen molar-refractivity contribution < 1.29 is 19.8 Å². The summed E-state index contributed by atoms with van der Waals surface area (Å²) in [5, 5.41) is 15.5. The number of nitrogens with zero attached hydrogens (tertiary/aromatic N) is 1. The van der Waals surface area contributed by atoms with Gasteiger partial charge in [-0.1, -0.05) is 11.6 Å². The molecule has 0 bridgehead atoms. The van der Waals surface area contributed by atoms with Crippen molar-refractivity contribution in [2.45, 2.75) is 13.8 Å². The minimum Gasteiger partial charge on any atom is -0.473 e. The number of H-pyrrole nitrogens is 1. The van der Waals surface area contributed by atoms with E-state index >= 15 is 0 Å². The van der Waals surface area contributed by atoms with E-state index in [1.165, 1.54) is 0 Å². The maximum absolute atomic E-state index is 9.10. The molecule has 0 radical (unpaired) electrons. The van der Waals surface area contributed by atoms with Gasteiger partial charge < -0.3 is 15.2 Å². The van der Waals surface area contributed by atoms with Crippen LogP contribution in [0, 0.1) is 13.8 Å². The van der Waals surface area contributed by atoms with Gasteiger partial charge in [-0.05, 0) is 38.1 Å². The first-order chi connectivity index (χ1) is 9.31. The molecule has 1 aromatic carbocycles. The number of aromatic amines is 1. The smallest absolute Gasteiger partial charge is 0.414 e. The summed E-state index contributed by atoms with van der Waals surface area (Å²) < 4.78 is 0. The van der Waals surface area contributed by atoms with Gasteiger partial charge in [-0.3, -0.25) is 0 Å². The lowest BCUT2D eigenvalue weighted by atomic mass is 10.2. The minimum atomic E-state index is -1.82. The molecule has 0 unspecified atom stereocenters. The van der Waals surface area contributed by atoms with Crippen LogP contribution in [-0.2, 0) is 9.59 Å². The molecule has 106 valence electrons. The Balaban J connectivity index is 0.000000286. The predicted octanol–water partition coefficient (Wildman–Crippen LogP) is 2.50. The maximum Gasteiger partial charge on any atom is 0.414 e. The molecule has 1 heterocycles. The zero-order chi connectivity index (χ0) is 15.3. The number of rotatable bonds is 1. The van der Waals surface area contributed by atoms with Crippen LogP contribution in [0.2, 0.25) is 5.02 Å². The molecule has 7 heteroatoms. The van der Waals surface area contributed by atoms with Crippen LogP contribution in [0.4, 0.5) is 0 Å². The van der Waals surface area contributed by atoms with Gasteiger partial charge in [0.1, 0.15) is 5.82 Å². The van der Waals surface area contributed by atoms with Crippen LogP contribution in [-0.4, -0.2) is 32.1 Å². The van der Waals surface area contributed by atoms with Gasteiger partial charge in [-0.25, -0.2) is 14.6 Å². The zero-order valence-electron chi connectivity index (χ0n) is 10.8. The summed E-state index contributed by atoms with van der Waals surface area (Å²) in [7, 11) is 0. The van der Waals surface area contributed by atoms with Crippen LogP contribution < -0.4 is 0 Å². The number of imidazole rings is 1. The van der Waals surface area contributed by atoms with Crippen molar-refractivity contribution in [2.75, 3.05) is 0 Å². The highest BCUT2D eigenvalue weighted by Crippen LogP contribution is 2.19. The summed E-state index contributed by atoms with van der Waals surface area (Å²) in [5.74, 6) is -2.75. The Kier molecular flexibility index (Phi) is 5.28. The van der Waals surface area contributed by atoms with E-state index in [1.807, 2.05) is 38.1 Å². The molecule has 3 N–H and O–H groups in total. The first kappa shape index (κ1) is 15.7. The average molecular weight is 297 g/mol. The fourth-order valence-electron chi connectivity index (χ4n) is 1.29. The average Bonchev–Trinajstić information content (AvgIpc) is 2.71. The van der Waals surface area contributed by atoms with Crippen molar-refractivity contribution in [2.24, 2.45) is 0 Å². The molecule has 2 rings (SSSR count). The molecule has 20 heavy (non-hydrogen) atoms. The number of aliphatic carboxylic acids is 2. The van der Waals surface area contributed by atoms with Gasteiger partial charge in [0.25, 0.3) is 0 Å². The third kappa shape index (κ3) is 4.40. The number of aryl methyl sites for hydroxylation is 2. The number of nitrogens with one attached hydrogen (secondary N) is 1. The third-order valence-electron chi connectivity index (χ3n) is 2.43. The fourth-order valence-corrected chi connectivity index (χ4v) is 1.42. The second-order valence-electron chi connectivity index (χ2n) is 3.91. The standard InChI is InChI=1S/C11H11ClN2.C2H2O4/c1-7-8(2)14-11(13-7)9-3-5-10(12)6-4-9;3-1(4)2(5)6/h3-6H,1-2H3,(H,13,14);(H,3,4)(H,5,6). The number of carbonyl (C=O) groups is 2. The van der Waals surface area contributed by atoms with Gasteiger partial charge in [0.2, 0.25) is 0 Å². The van der Waals surface area contributed by atoms with Crippen LogP contribution in [0.15, 0.2) is 24.3 Å². The van der Waals surface area contributed by atoms with Crippen molar-refractivity contribution in [1.82, 2.24) is 9.97 Å². The summed E-state index contributed by atoms with van der Waals surface area (Å²) in [6, 6.07) is 7.65. The van der Waals surface area contributed by atoms with Gasteiger partial charge >= 0.3 is 11.9 Å². The lowest BCUT2D eigenvalue weighted by Gasteiger charge is -1.95. The molecule has 6 nitrogen and oxygen atoms in total. The highest BCUT2D eigenvalue weighted by molar-refractivity contribution is 6.30. The van der Waals surface area contributed by atoms with Crippen molar-refractivity contribution in [1.29, 1.82) is 0 Å². The number of hydrogen-bond donors (Lipinski definition) is 3. The molecule has 0 atom stereocenters. The highest BCUT2D eigenvalue weighted by atomic mass is 35.5. The Morgan fingerprint density at radius 2 is 1.60 bits per heavy atom. The van der Waals surface area contributed by atoms with E-state index in [0.717, 1.165) is 27.8 Å². The molecule has 0 spiro atoms. The number of aromatic nitrogens is 2. The lowest BCUT2D eigenvalue weighted by molar-refractivity contribution is -0.159. The molecule has 0 fully saturated rings. The molecule has 0 saturated heterocycles. The van der Waals surface area contributed by atoms with Gasteiger partial charge in [0.05, 0.1) is 5.69 Å². The van der Waals surface area contributed by atoms with Crippen LogP contribution in [0.25, 0.3) is 11.4 Å². The Labute approximate surface area is 120 Å². The molecule has 0 aliphatic rings. The summed E-state index contributed by atoms with van der Waals surface area (Å²) in [4.78, 5) is 25.8. The van der Waals surface area contributed by atoms with Crippen LogP contribution in [0.5, 0.6) is 0 Å². The van der Waals surface area contributed by atoms with Crippen LogP contribution in [0.1, 0.15) is 11.4 Å². The number of hydrogen-bond acceptors (Lipinski definition) is 3. The summed E-state index contributed by atoms with van der Waals surface area (Å²) in [5.41, 5.74) is 3.20. The van der Waals surface area contributed by atoms with E-state index in [0.29, 0.717) is 0 Å².